The Hall–Kier alpha value is -0.693. The molecule has 0 aromatic rings. The van der Waals surface area contributed by atoms with Gasteiger partial charge in [0.1, 0.15) is 8.07 Å². The van der Waals surface area contributed by atoms with Crippen molar-refractivity contribution in [3.63, 3.8) is 0 Å². The van der Waals surface area contributed by atoms with E-state index in [4.69, 9.17) is 0 Å². The van der Waals surface area contributed by atoms with E-state index in [0.29, 0.717) is 0 Å². The maximum atomic E-state index is 11.8. The highest BCUT2D eigenvalue weighted by Gasteiger charge is 2.30. The van der Waals surface area contributed by atoms with Crippen molar-refractivity contribution in [1.82, 2.24) is 0 Å². The van der Waals surface area contributed by atoms with Crippen LogP contribution in [0.1, 0.15) is 0 Å². The molecule has 12 heavy (non-hydrogen) atoms. The molecule has 0 rings (SSSR count). The minimum atomic E-state index is -4.37. The van der Waals surface area contributed by atoms with Crippen LogP contribution < -0.4 is 0 Å². The van der Waals surface area contributed by atoms with E-state index < -0.39 is 19.8 Å². The molecule has 0 N–H and O–H groups in total. The highest BCUT2D eigenvalue weighted by Crippen LogP contribution is 2.23. The van der Waals surface area contributed by atoms with Gasteiger partial charge in [0.25, 0.3) is 0 Å². The van der Waals surface area contributed by atoms with Crippen molar-refractivity contribution in [2.75, 3.05) is 0 Å². The summed E-state index contributed by atoms with van der Waals surface area (Å²) in [6, 6.07) is 0. The fourth-order valence-electron chi connectivity index (χ4n) is 0.334. The van der Waals surface area contributed by atoms with Crippen molar-refractivity contribution in [2.45, 2.75) is 25.8 Å². The van der Waals surface area contributed by atoms with Crippen molar-refractivity contribution >= 4 is 8.07 Å². The largest absolute Gasteiger partial charge is 0.423 e. The molecule has 68 valence electrons. The van der Waals surface area contributed by atoms with Gasteiger partial charge in [0.15, 0.2) is 0 Å². The lowest BCUT2D eigenvalue weighted by Crippen LogP contribution is -2.17. The zero-order chi connectivity index (χ0) is 9.99. The average molecular weight is 192 g/mol. The summed E-state index contributed by atoms with van der Waals surface area (Å²) in [7, 11) is -1.72. The molecule has 0 aliphatic heterocycles. The number of rotatable bonds is 0. The molecule has 0 heterocycles. The summed E-state index contributed by atoms with van der Waals surface area (Å²) in [6.07, 6.45) is -4.37. The fourth-order valence-corrected chi connectivity index (χ4v) is 0.860. The van der Waals surface area contributed by atoms with Gasteiger partial charge in [0.05, 0.1) is 5.57 Å². The summed E-state index contributed by atoms with van der Waals surface area (Å²) < 4.78 is 35.5. The molecule has 0 atom stereocenters. The molecule has 0 aliphatic carbocycles. The second-order valence-electron chi connectivity index (χ2n) is 3.48. The molecule has 0 unspecified atom stereocenters. The lowest BCUT2D eigenvalue weighted by Gasteiger charge is -2.06. The fraction of sp³-hybridized carbons (Fsp3) is 0.500. The van der Waals surface area contributed by atoms with Crippen LogP contribution in [0.4, 0.5) is 13.2 Å². The zero-order valence-corrected chi connectivity index (χ0v) is 8.34. The topological polar surface area (TPSA) is 0 Å². The second-order valence-corrected chi connectivity index (χ2v) is 8.23. The van der Waals surface area contributed by atoms with Gasteiger partial charge >= 0.3 is 6.18 Å². The van der Waals surface area contributed by atoms with Gasteiger partial charge in [0.2, 0.25) is 0 Å². The molecule has 0 radical (unpaired) electrons. The van der Waals surface area contributed by atoms with E-state index in [1.54, 1.807) is 0 Å². The molecule has 4 heteroatoms. The summed E-state index contributed by atoms with van der Waals surface area (Å²) in [5.41, 5.74) is 1.64. The minimum Gasteiger partial charge on any atom is -0.165 e. The lowest BCUT2D eigenvalue weighted by atomic mass is 10.3. The number of hydrogen-bond acceptors (Lipinski definition) is 0. The van der Waals surface area contributed by atoms with Gasteiger partial charge in [-0.15, -0.1) is 5.54 Å². The summed E-state index contributed by atoms with van der Waals surface area (Å²) in [4.78, 5) is 0. The Balaban J connectivity index is 4.46. The predicted octanol–water partition coefficient (Wildman–Crippen LogP) is 2.99. The van der Waals surface area contributed by atoms with Gasteiger partial charge in [-0.3, -0.25) is 0 Å². The van der Waals surface area contributed by atoms with Crippen LogP contribution in [-0.2, 0) is 0 Å². The molecule has 0 bridgehead atoms. The van der Waals surface area contributed by atoms with Crippen LogP contribution in [0, 0.1) is 11.5 Å². The Morgan fingerprint density at radius 3 is 1.92 bits per heavy atom. The lowest BCUT2D eigenvalue weighted by molar-refractivity contribution is -0.0868. The van der Waals surface area contributed by atoms with E-state index >= 15 is 0 Å². The van der Waals surface area contributed by atoms with E-state index in [2.05, 4.69) is 18.0 Å². The van der Waals surface area contributed by atoms with Gasteiger partial charge < -0.3 is 0 Å². The Bertz CT molecular complexity index is 234. The molecule has 0 aromatic heterocycles. The first-order valence-corrected chi connectivity index (χ1v) is 6.92. The van der Waals surface area contributed by atoms with Crippen LogP contribution in [0.3, 0.4) is 0 Å². The second kappa shape index (κ2) is 3.36. The van der Waals surface area contributed by atoms with Gasteiger partial charge in [-0.05, 0) is 0 Å². The molecule has 0 saturated carbocycles. The SMILES string of the molecule is C=C(C#C[Si](C)(C)C)C(F)(F)F. The molecule has 0 aliphatic rings. The summed E-state index contributed by atoms with van der Waals surface area (Å²) in [5, 5.41) is 0. The third-order valence-electron chi connectivity index (χ3n) is 0.931. The van der Waals surface area contributed by atoms with Crippen LogP contribution in [0.15, 0.2) is 12.2 Å². The van der Waals surface area contributed by atoms with Crippen molar-refractivity contribution in [1.29, 1.82) is 0 Å². The number of hydrogen-bond donors (Lipinski definition) is 0. The average Bonchev–Trinajstić information content (AvgIpc) is 1.78. The molecular weight excluding hydrogens is 181 g/mol. The van der Waals surface area contributed by atoms with E-state index in [1.165, 1.54) is 0 Å². The van der Waals surface area contributed by atoms with E-state index in [0.717, 1.165) is 0 Å². The Kier molecular flexibility index (Phi) is 3.16. The van der Waals surface area contributed by atoms with Crippen molar-refractivity contribution in [2.24, 2.45) is 0 Å². The van der Waals surface area contributed by atoms with E-state index in [-0.39, 0.29) is 0 Å². The van der Waals surface area contributed by atoms with Gasteiger partial charge in [0, 0.05) is 0 Å². The van der Waals surface area contributed by atoms with Crippen molar-refractivity contribution < 1.29 is 13.2 Å². The third kappa shape index (κ3) is 5.02. The molecule has 0 saturated heterocycles. The number of allylic oxidation sites excluding steroid dienone is 1. The number of alkyl halides is 3. The highest BCUT2D eigenvalue weighted by molar-refractivity contribution is 6.83. The van der Waals surface area contributed by atoms with Crippen LogP contribution in [0.25, 0.3) is 0 Å². The highest BCUT2D eigenvalue weighted by atomic mass is 28.3. The van der Waals surface area contributed by atoms with Crippen LogP contribution in [0.2, 0.25) is 19.6 Å². The Labute approximate surface area is 71.5 Å². The summed E-state index contributed by atoms with van der Waals surface area (Å²) >= 11 is 0. The van der Waals surface area contributed by atoms with Crippen molar-refractivity contribution in [3.05, 3.63) is 12.2 Å². The Morgan fingerprint density at radius 1 is 1.25 bits per heavy atom. The van der Waals surface area contributed by atoms with Crippen LogP contribution in [-0.4, -0.2) is 14.3 Å². The van der Waals surface area contributed by atoms with Gasteiger partial charge in [-0.1, -0.05) is 32.1 Å². The summed E-state index contributed by atoms with van der Waals surface area (Å²) in [5.74, 6) is 2.05. The van der Waals surface area contributed by atoms with Gasteiger partial charge in [-0.25, -0.2) is 0 Å². The first kappa shape index (κ1) is 11.3. The quantitative estimate of drug-likeness (QED) is 0.409. The maximum Gasteiger partial charge on any atom is 0.423 e. The molecule has 0 fully saturated rings. The smallest absolute Gasteiger partial charge is 0.165 e. The van der Waals surface area contributed by atoms with Crippen LogP contribution in [0.5, 0.6) is 0 Å². The molecule has 0 aromatic carbocycles. The Morgan fingerprint density at radius 2 is 1.67 bits per heavy atom. The number of halogens is 3. The monoisotopic (exact) mass is 192 g/mol. The zero-order valence-electron chi connectivity index (χ0n) is 7.34. The first-order valence-electron chi connectivity index (χ1n) is 3.42. The standard InChI is InChI=1S/C8H11F3Si/c1-7(8(9,10)11)5-6-12(2,3)4/h1H2,2-4H3. The molecule has 0 amide bonds. The molecule has 0 spiro atoms. The normalized spacial score (nSPS) is 11.8. The molecular formula is C8H11F3Si. The van der Waals surface area contributed by atoms with E-state index in [9.17, 15) is 13.2 Å². The molecule has 0 nitrogen and oxygen atoms in total. The van der Waals surface area contributed by atoms with Crippen molar-refractivity contribution in [3.8, 4) is 11.5 Å². The maximum absolute atomic E-state index is 11.8. The van der Waals surface area contributed by atoms with Crippen LogP contribution >= 0.6 is 0 Å². The minimum absolute atomic E-state index is 0.954. The predicted molar refractivity (Wildman–Crippen MR) is 46.3 cm³/mol. The first-order chi connectivity index (χ1) is 5.13. The van der Waals surface area contributed by atoms with E-state index in [1.807, 2.05) is 19.6 Å². The summed E-state index contributed by atoms with van der Waals surface area (Å²) in [6.45, 7) is 8.49. The van der Waals surface area contributed by atoms with Gasteiger partial charge in [-0.2, -0.15) is 13.2 Å². The third-order valence-corrected chi connectivity index (χ3v) is 1.81.